The van der Waals surface area contributed by atoms with Gasteiger partial charge < -0.3 is 14.8 Å². The molecule has 176 valence electrons. The van der Waals surface area contributed by atoms with E-state index in [1.165, 1.54) is 10.5 Å². The minimum atomic E-state index is -0.661. The fraction of sp³-hybridized carbons (Fsp3) is 0.680. The first-order valence-electron chi connectivity index (χ1n) is 12.0. The fourth-order valence-electron chi connectivity index (χ4n) is 5.62. The molecular formula is C25H37N3O4. The van der Waals surface area contributed by atoms with Crippen molar-refractivity contribution in [1.29, 1.82) is 0 Å². The molecule has 0 bridgehead atoms. The second-order valence-corrected chi connectivity index (χ2v) is 9.74. The molecule has 3 aliphatic rings. The summed E-state index contributed by atoms with van der Waals surface area (Å²) >= 11 is 0. The predicted molar refractivity (Wildman–Crippen MR) is 123 cm³/mol. The summed E-state index contributed by atoms with van der Waals surface area (Å²) in [5.74, 6) is 2.50. The number of urea groups is 1. The Bertz CT molecular complexity index is 814. The van der Waals surface area contributed by atoms with Gasteiger partial charge in [0.1, 0.15) is 17.0 Å². The van der Waals surface area contributed by atoms with E-state index in [1.54, 1.807) is 14.2 Å². The molecule has 2 heterocycles. The Balaban J connectivity index is 1.27. The van der Waals surface area contributed by atoms with Crippen LogP contribution in [0.15, 0.2) is 18.2 Å². The van der Waals surface area contributed by atoms with Crippen LogP contribution in [-0.2, 0) is 11.2 Å². The SMILES string of the molecule is COc1cc(CCC2CCN(CN3C(=O)NC4(CCCCC4C)C3=O)CC2)cc(OC)c1. The number of hydrogen-bond acceptors (Lipinski definition) is 5. The van der Waals surface area contributed by atoms with Gasteiger partial charge in [-0.05, 0) is 68.1 Å². The number of methoxy groups -OCH3 is 2. The highest BCUT2D eigenvalue weighted by atomic mass is 16.5. The zero-order valence-corrected chi connectivity index (χ0v) is 19.7. The highest BCUT2D eigenvalue weighted by Crippen LogP contribution is 2.38. The second kappa shape index (κ2) is 9.69. The molecule has 0 radical (unpaired) electrons. The Morgan fingerprint density at radius 1 is 1.03 bits per heavy atom. The Morgan fingerprint density at radius 3 is 2.34 bits per heavy atom. The highest BCUT2D eigenvalue weighted by molar-refractivity contribution is 6.07. The maximum Gasteiger partial charge on any atom is 0.326 e. The fourth-order valence-corrected chi connectivity index (χ4v) is 5.62. The van der Waals surface area contributed by atoms with Crippen LogP contribution in [-0.4, -0.2) is 61.3 Å². The second-order valence-electron chi connectivity index (χ2n) is 9.74. The summed E-state index contributed by atoms with van der Waals surface area (Å²) in [6, 6.07) is 5.85. The van der Waals surface area contributed by atoms with Crippen molar-refractivity contribution in [2.45, 2.75) is 63.8 Å². The van der Waals surface area contributed by atoms with Crippen LogP contribution in [0.25, 0.3) is 0 Å². The Hall–Kier alpha value is -2.28. The number of carbonyl (C=O) groups excluding carboxylic acids is 2. The van der Waals surface area contributed by atoms with Crippen LogP contribution in [0.5, 0.6) is 11.5 Å². The zero-order valence-electron chi connectivity index (χ0n) is 19.7. The van der Waals surface area contributed by atoms with Gasteiger partial charge in [-0.3, -0.25) is 9.69 Å². The van der Waals surface area contributed by atoms with Crippen LogP contribution in [0.2, 0.25) is 0 Å². The molecule has 7 heteroatoms. The lowest BCUT2D eigenvalue weighted by Crippen LogP contribution is -2.54. The number of hydrogen-bond donors (Lipinski definition) is 1. The normalized spacial score (nSPS) is 27.1. The monoisotopic (exact) mass is 443 g/mol. The van der Waals surface area contributed by atoms with Crippen molar-refractivity contribution in [3.63, 3.8) is 0 Å². The van der Waals surface area contributed by atoms with Gasteiger partial charge in [-0.15, -0.1) is 0 Å². The van der Waals surface area contributed by atoms with Crippen LogP contribution in [0.4, 0.5) is 4.79 Å². The molecule has 2 aliphatic heterocycles. The van der Waals surface area contributed by atoms with Gasteiger partial charge in [0.25, 0.3) is 5.91 Å². The number of aryl methyl sites for hydroxylation is 1. The molecule has 2 atom stereocenters. The number of carbonyl (C=O) groups is 2. The molecule has 32 heavy (non-hydrogen) atoms. The van der Waals surface area contributed by atoms with E-state index >= 15 is 0 Å². The zero-order chi connectivity index (χ0) is 22.7. The minimum absolute atomic E-state index is 0.0104. The van der Waals surface area contributed by atoms with E-state index in [4.69, 9.17) is 9.47 Å². The lowest BCUT2D eigenvalue weighted by atomic mass is 9.73. The smallest absolute Gasteiger partial charge is 0.326 e. The number of nitrogens with one attached hydrogen (secondary N) is 1. The van der Waals surface area contributed by atoms with Crippen LogP contribution >= 0.6 is 0 Å². The molecule has 3 amide bonds. The van der Waals surface area contributed by atoms with E-state index < -0.39 is 5.54 Å². The van der Waals surface area contributed by atoms with Crippen LogP contribution < -0.4 is 14.8 Å². The number of piperidine rings is 1. The first kappa shape index (κ1) is 22.9. The first-order chi connectivity index (χ1) is 15.4. The number of amides is 3. The van der Waals surface area contributed by atoms with Crippen molar-refractivity contribution in [2.24, 2.45) is 11.8 Å². The summed E-state index contributed by atoms with van der Waals surface area (Å²) in [5, 5.41) is 3.06. The number of imide groups is 1. The number of rotatable bonds is 7. The maximum absolute atomic E-state index is 13.2. The first-order valence-corrected chi connectivity index (χ1v) is 12.0. The van der Waals surface area contributed by atoms with E-state index in [0.717, 1.165) is 76.0 Å². The number of ether oxygens (including phenoxy) is 2. The summed E-state index contributed by atoms with van der Waals surface area (Å²) in [4.78, 5) is 29.6. The standard InChI is InChI=1S/C25H37N3O4/c1-18-6-4-5-11-25(18)23(29)28(24(30)26-25)17-27-12-9-19(10-13-27)7-8-20-14-21(31-2)16-22(15-20)32-3/h14-16,18-19H,4-13,17H2,1-3H3,(H,26,30). The Kier molecular flexibility index (Phi) is 6.93. The molecular weight excluding hydrogens is 406 g/mol. The molecule has 1 aromatic carbocycles. The lowest BCUT2D eigenvalue weighted by molar-refractivity contribution is -0.135. The van der Waals surface area contributed by atoms with E-state index in [-0.39, 0.29) is 17.9 Å². The minimum Gasteiger partial charge on any atom is -0.497 e. The Labute approximate surface area is 191 Å². The molecule has 2 saturated heterocycles. The van der Waals surface area contributed by atoms with Gasteiger partial charge in [0.15, 0.2) is 0 Å². The summed E-state index contributed by atoms with van der Waals surface area (Å²) in [5.41, 5.74) is 0.570. The summed E-state index contributed by atoms with van der Waals surface area (Å²) in [6.07, 6.45) is 8.21. The highest BCUT2D eigenvalue weighted by Gasteiger charge is 2.55. The van der Waals surface area contributed by atoms with Crippen molar-refractivity contribution < 1.29 is 19.1 Å². The van der Waals surface area contributed by atoms with E-state index in [0.29, 0.717) is 12.6 Å². The van der Waals surface area contributed by atoms with E-state index in [9.17, 15) is 9.59 Å². The summed E-state index contributed by atoms with van der Waals surface area (Å²) in [7, 11) is 3.35. The molecule has 7 nitrogen and oxygen atoms in total. The third kappa shape index (κ3) is 4.58. The van der Waals surface area contributed by atoms with Crippen molar-refractivity contribution in [3.05, 3.63) is 23.8 Å². The van der Waals surface area contributed by atoms with Gasteiger partial charge in [-0.2, -0.15) is 0 Å². The van der Waals surface area contributed by atoms with Crippen molar-refractivity contribution in [3.8, 4) is 11.5 Å². The lowest BCUT2D eigenvalue weighted by Gasteiger charge is -2.37. The average molecular weight is 444 g/mol. The molecule has 1 N–H and O–H groups in total. The summed E-state index contributed by atoms with van der Waals surface area (Å²) < 4.78 is 10.8. The van der Waals surface area contributed by atoms with E-state index in [2.05, 4.69) is 29.3 Å². The third-order valence-corrected chi connectivity index (χ3v) is 7.80. The van der Waals surface area contributed by atoms with Crippen molar-refractivity contribution in [1.82, 2.24) is 15.1 Å². The average Bonchev–Trinajstić information content (AvgIpc) is 3.05. The number of likely N-dealkylation sites (tertiary alicyclic amines) is 1. The summed E-state index contributed by atoms with van der Waals surface area (Å²) in [6.45, 7) is 4.36. The quantitative estimate of drug-likeness (QED) is 0.649. The largest absolute Gasteiger partial charge is 0.497 e. The number of nitrogens with zero attached hydrogens (tertiary/aromatic N) is 2. The van der Waals surface area contributed by atoms with Crippen molar-refractivity contribution in [2.75, 3.05) is 34.0 Å². The molecule has 2 unspecified atom stereocenters. The Morgan fingerprint density at radius 2 is 1.72 bits per heavy atom. The van der Waals surface area contributed by atoms with Crippen molar-refractivity contribution >= 4 is 11.9 Å². The molecule has 3 fully saturated rings. The van der Waals surface area contributed by atoms with Gasteiger partial charge in [0.2, 0.25) is 0 Å². The van der Waals surface area contributed by atoms with Gasteiger partial charge >= 0.3 is 6.03 Å². The molecule has 4 rings (SSSR count). The maximum atomic E-state index is 13.2. The third-order valence-electron chi connectivity index (χ3n) is 7.80. The molecule has 1 aliphatic carbocycles. The van der Waals surface area contributed by atoms with Crippen LogP contribution in [0.3, 0.4) is 0 Å². The molecule has 1 saturated carbocycles. The topological polar surface area (TPSA) is 71.1 Å². The predicted octanol–water partition coefficient (Wildman–Crippen LogP) is 3.81. The van der Waals surface area contributed by atoms with Crippen LogP contribution in [0.1, 0.15) is 57.4 Å². The molecule has 1 spiro atoms. The van der Waals surface area contributed by atoms with Crippen LogP contribution in [0, 0.1) is 11.8 Å². The van der Waals surface area contributed by atoms with Gasteiger partial charge in [0, 0.05) is 19.2 Å². The molecule has 0 aromatic heterocycles. The van der Waals surface area contributed by atoms with Gasteiger partial charge in [-0.1, -0.05) is 19.8 Å². The molecule has 1 aromatic rings. The van der Waals surface area contributed by atoms with E-state index in [1.807, 2.05) is 6.07 Å². The number of benzene rings is 1. The van der Waals surface area contributed by atoms with Gasteiger partial charge in [-0.25, -0.2) is 9.69 Å². The van der Waals surface area contributed by atoms with Gasteiger partial charge in [0.05, 0.1) is 20.9 Å².